The van der Waals surface area contributed by atoms with Crippen LogP contribution in [0, 0.1) is 13.8 Å². The topological polar surface area (TPSA) is 76.7 Å². The van der Waals surface area contributed by atoms with Crippen molar-refractivity contribution in [3.8, 4) is 11.5 Å². The van der Waals surface area contributed by atoms with Crippen LogP contribution in [0.15, 0.2) is 42.5 Å². The summed E-state index contributed by atoms with van der Waals surface area (Å²) in [5.74, 6) is 0.860. The number of hydrazine groups is 1. The molecule has 150 valence electrons. The van der Waals surface area contributed by atoms with Crippen LogP contribution in [0.25, 0.3) is 0 Å². The van der Waals surface area contributed by atoms with Gasteiger partial charge in [0.05, 0.1) is 0 Å². The summed E-state index contributed by atoms with van der Waals surface area (Å²) in [6.07, 6.45) is 1.06. The molecule has 2 N–H and O–H groups in total. The SMILES string of the molecule is CCC(C)c1ccc(OCC(=O)NNC(=O)COc2c(C)cccc2C)cc1. The summed E-state index contributed by atoms with van der Waals surface area (Å²) in [7, 11) is 0. The number of benzene rings is 2. The van der Waals surface area contributed by atoms with Crippen molar-refractivity contribution in [2.45, 2.75) is 40.0 Å². The van der Waals surface area contributed by atoms with Gasteiger partial charge in [0.15, 0.2) is 13.2 Å². The van der Waals surface area contributed by atoms with Crippen LogP contribution in [0.3, 0.4) is 0 Å². The molecule has 0 aromatic heterocycles. The normalized spacial score (nSPS) is 11.4. The molecule has 0 fully saturated rings. The monoisotopic (exact) mass is 384 g/mol. The van der Waals surface area contributed by atoms with Crippen LogP contribution in [0.2, 0.25) is 0 Å². The molecule has 28 heavy (non-hydrogen) atoms. The predicted molar refractivity (Wildman–Crippen MR) is 108 cm³/mol. The Labute approximate surface area is 166 Å². The van der Waals surface area contributed by atoms with Crippen molar-refractivity contribution < 1.29 is 19.1 Å². The molecule has 2 aromatic rings. The molecule has 2 rings (SSSR count). The molecule has 0 aliphatic carbocycles. The number of aryl methyl sites for hydroxylation is 2. The fraction of sp³-hybridized carbons (Fsp3) is 0.364. The Morgan fingerprint density at radius 1 is 0.893 bits per heavy atom. The van der Waals surface area contributed by atoms with E-state index >= 15 is 0 Å². The zero-order valence-electron chi connectivity index (χ0n) is 16.9. The average molecular weight is 384 g/mol. The van der Waals surface area contributed by atoms with Gasteiger partial charge in [-0.25, -0.2) is 0 Å². The average Bonchev–Trinajstić information content (AvgIpc) is 2.70. The van der Waals surface area contributed by atoms with Crippen LogP contribution in [0.4, 0.5) is 0 Å². The molecule has 0 saturated heterocycles. The molecule has 0 bridgehead atoms. The first-order valence-electron chi connectivity index (χ1n) is 9.40. The lowest BCUT2D eigenvalue weighted by Gasteiger charge is -2.13. The third-order valence-corrected chi connectivity index (χ3v) is 4.53. The first-order chi connectivity index (χ1) is 13.4. The Hall–Kier alpha value is -3.02. The molecule has 0 aliphatic rings. The first kappa shape index (κ1) is 21.3. The van der Waals surface area contributed by atoms with E-state index in [1.54, 1.807) is 0 Å². The number of carbonyl (C=O) groups is 2. The number of para-hydroxylation sites is 1. The van der Waals surface area contributed by atoms with E-state index in [1.807, 2.05) is 56.3 Å². The second kappa shape index (κ2) is 10.3. The van der Waals surface area contributed by atoms with Crippen molar-refractivity contribution in [2.24, 2.45) is 0 Å². The van der Waals surface area contributed by atoms with Crippen molar-refractivity contribution in [3.63, 3.8) is 0 Å². The number of nitrogens with one attached hydrogen (secondary N) is 2. The molecule has 0 heterocycles. The number of rotatable bonds is 8. The second-order valence-corrected chi connectivity index (χ2v) is 6.77. The van der Waals surface area contributed by atoms with Gasteiger partial charge in [0.2, 0.25) is 0 Å². The number of ether oxygens (including phenoxy) is 2. The van der Waals surface area contributed by atoms with Crippen molar-refractivity contribution in [2.75, 3.05) is 13.2 Å². The van der Waals surface area contributed by atoms with E-state index in [9.17, 15) is 9.59 Å². The molecule has 0 aliphatic heterocycles. The van der Waals surface area contributed by atoms with Crippen LogP contribution >= 0.6 is 0 Å². The minimum Gasteiger partial charge on any atom is -0.484 e. The van der Waals surface area contributed by atoms with Gasteiger partial charge in [0, 0.05) is 0 Å². The molecule has 6 nitrogen and oxygen atoms in total. The number of amides is 2. The highest BCUT2D eigenvalue weighted by molar-refractivity contribution is 5.83. The molecule has 2 aromatic carbocycles. The first-order valence-corrected chi connectivity index (χ1v) is 9.40. The van der Waals surface area contributed by atoms with Crippen LogP contribution in [-0.4, -0.2) is 25.0 Å². The van der Waals surface area contributed by atoms with E-state index in [1.165, 1.54) is 5.56 Å². The van der Waals surface area contributed by atoms with E-state index in [4.69, 9.17) is 9.47 Å². The number of hydrogen-bond acceptors (Lipinski definition) is 4. The predicted octanol–water partition coefficient (Wildman–Crippen LogP) is 3.42. The van der Waals surface area contributed by atoms with Crippen molar-refractivity contribution in [1.29, 1.82) is 0 Å². The zero-order valence-corrected chi connectivity index (χ0v) is 16.9. The number of hydrogen-bond donors (Lipinski definition) is 2. The van der Waals surface area contributed by atoms with Crippen LogP contribution < -0.4 is 20.3 Å². The number of carbonyl (C=O) groups excluding carboxylic acids is 2. The van der Waals surface area contributed by atoms with E-state index in [0.29, 0.717) is 17.4 Å². The summed E-state index contributed by atoms with van der Waals surface area (Å²) in [6, 6.07) is 13.4. The fourth-order valence-corrected chi connectivity index (χ4v) is 2.65. The second-order valence-electron chi connectivity index (χ2n) is 6.77. The Kier molecular flexibility index (Phi) is 7.87. The molecule has 1 unspecified atom stereocenters. The maximum Gasteiger partial charge on any atom is 0.276 e. The third-order valence-electron chi connectivity index (χ3n) is 4.53. The lowest BCUT2D eigenvalue weighted by Crippen LogP contribution is -2.45. The third kappa shape index (κ3) is 6.30. The summed E-state index contributed by atoms with van der Waals surface area (Å²) in [4.78, 5) is 23.7. The molecule has 6 heteroatoms. The summed E-state index contributed by atoms with van der Waals surface area (Å²) in [5.41, 5.74) is 7.76. The van der Waals surface area contributed by atoms with Gasteiger partial charge in [-0.05, 0) is 55.0 Å². The maximum atomic E-state index is 11.9. The minimum absolute atomic E-state index is 0.191. The standard InChI is InChI=1S/C22H28N2O4/c1-5-15(2)18-9-11-19(12-10-18)27-13-20(25)23-24-21(26)14-28-22-16(3)7-6-8-17(22)4/h6-12,15H,5,13-14H2,1-4H3,(H,23,25)(H,24,26). The van der Waals surface area contributed by atoms with E-state index < -0.39 is 11.8 Å². The highest BCUT2D eigenvalue weighted by Gasteiger charge is 2.09. The molecular weight excluding hydrogens is 356 g/mol. The Balaban J connectivity index is 1.71. The van der Waals surface area contributed by atoms with Gasteiger partial charge in [-0.1, -0.05) is 44.2 Å². The van der Waals surface area contributed by atoms with Gasteiger partial charge < -0.3 is 9.47 Å². The van der Waals surface area contributed by atoms with E-state index in [0.717, 1.165) is 17.5 Å². The van der Waals surface area contributed by atoms with Crippen molar-refractivity contribution in [1.82, 2.24) is 10.9 Å². The van der Waals surface area contributed by atoms with Gasteiger partial charge in [0.1, 0.15) is 11.5 Å². The Bertz CT molecular complexity index is 782. The lowest BCUT2D eigenvalue weighted by atomic mass is 9.99. The minimum atomic E-state index is -0.452. The maximum absolute atomic E-state index is 11.9. The molecule has 0 saturated carbocycles. The molecular formula is C22H28N2O4. The van der Waals surface area contributed by atoms with Crippen LogP contribution in [0.1, 0.15) is 42.9 Å². The Morgan fingerprint density at radius 2 is 1.43 bits per heavy atom. The van der Waals surface area contributed by atoms with E-state index in [-0.39, 0.29) is 13.2 Å². The van der Waals surface area contributed by atoms with Crippen molar-refractivity contribution >= 4 is 11.8 Å². The molecule has 1 atom stereocenters. The summed E-state index contributed by atoms with van der Waals surface area (Å²) in [6.45, 7) is 7.74. The molecule has 0 radical (unpaired) electrons. The zero-order chi connectivity index (χ0) is 20.5. The van der Waals surface area contributed by atoms with Gasteiger partial charge >= 0.3 is 0 Å². The summed E-state index contributed by atoms with van der Waals surface area (Å²) >= 11 is 0. The Morgan fingerprint density at radius 3 is 1.96 bits per heavy atom. The highest BCUT2D eigenvalue weighted by atomic mass is 16.5. The highest BCUT2D eigenvalue weighted by Crippen LogP contribution is 2.22. The van der Waals surface area contributed by atoms with Crippen LogP contribution in [-0.2, 0) is 9.59 Å². The summed E-state index contributed by atoms with van der Waals surface area (Å²) in [5, 5.41) is 0. The van der Waals surface area contributed by atoms with E-state index in [2.05, 4.69) is 24.7 Å². The van der Waals surface area contributed by atoms with Gasteiger partial charge in [0.25, 0.3) is 11.8 Å². The molecule has 0 spiro atoms. The fourth-order valence-electron chi connectivity index (χ4n) is 2.65. The molecule has 2 amide bonds. The smallest absolute Gasteiger partial charge is 0.276 e. The van der Waals surface area contributed by atoms with Crippen molar-refractivity contribution in [3.05, 3.63) is 59.2 Å². The van der Waals surface area contributed by atoms with Crippen LogP contribution in [0.5, 0.6) is 11.5 Å². The largest absolute Gasteiger partial charge is 0.484 e. The summed E-state index contributed by atoms with van der Waals surface area (Å²) < 4.78 is 11.0. The van der Waals surface area contributed by atoms with Gasteiger partial charge in [-0.15, -0.1) is 0 Å². The van der Waals surface area contributed by atoms with Gasteiger partial charge in [-0.3, -0.25) is 20.4 Å². The van der Waals surface area contributed by atoms with Gasteiger partial charge in [-0.2, -0.15) is 0 Å². The quantitative estimate of drug-likeness (QED) is 0.684. The lowest BCUT2D eigenvalue weighted by molar-refractivity contribution is -0.131.